The minimum atomic E-state index is -0.603. The van der Waals surface area contributed by atoms with Crippen LogP contribution in [0.4, 0.5) is 0 Å². The van der Waals surface area contributed by atoms with Crippen LogP contribution in [0, 0.1) is 17.3 Å². The van der Waals surface area contributed by atoms with Gasteiger partial charge in [-0.3, -0.25) is 0 Å². The number of esters is 2. The lowest BCUT2D eigenvalue weighted by atomic mass is 9.46. The predicted molar refractivity (Wildman–Crippen MR) is 105 cm³/mol. The zero-order chi connectivity index (χ0) is 19.5. The molecule has 28 heavy (non-hydrogen) atoms. The Morgan fingerprint density at radius 3 is 2.86 bits per heavy atom. The first-order valence-electron chi connectivity index (χ1n) is 10.9. The number of rotatable bonds is 4. The molecule has 6 rings (SSSR count). The Morgan fingerprint density at radius 2 is 2.07 bits per heavy atom. The SMILES string of the molecule is CCC/C=C1/OC(=O)C2=C[C@H]3CC[C@]21[C@@H](CCC)[C@@]31OC(=O)C2=C1CCC=C2. The van der Waals surface area contributed by atoms with Gasteiger partial charge in [0.2, 0.25) is 0 Å². The molecule has 6 aliphatic rings. The summed E-state index contributed by atoms with van der Waals surface area (Å²) in [5.74, 6) is 0.585. The van der Waals surface area contributed by atoms with E-state index in [-0.39, 0.29) is 23.8 Å². The van der Waals surface area contributed by atoms with Gasteiger partial charge >= 0.3 is 11.9 Å². The van der Waals surface area contributed by atoms with Crippen LogP contribution in [0.15, 0.2) is 46.8 Å². The second-order valence-electron chi connectivity index (χ2n) is 8.80. The average Bonchev–Trinajstić information content (AvgIpc) is 3.16. The van der Waals surface area contributed by atoms with Gasteiger partial charge < -0.3 is 9.47 Å². The molecule has 2 fully saturated rings. The summed E-state index contributed by atoms with van der Waals surface area (Å²) < 4.78 is 12.2. The molecule has 1 saturated heterocycles. The molecule has 4 nitrogen and oxygen atoms in total. The van der Waals surface area contributed by atoms with Crippen LogP contribution >= 0.6 is 0 Å². The molecule has 0 amide bonds. The van der Waals surface area contributed by atoms with Gasteiger partial charge in [0, 0.05) is 17.4 Å². The minimum absolute atomic E-state index is 0.0706. The maximum absolute atomic E-state index is 12.9. The van der Waals surface area contributed by atoms with E-state index in [0.29, 0.717) is 0 Å². The summed E-state index contributed by atoms with van der Waals surface area (Å²) in [5.41, 5.74) is 1.73. The Labute approximate surface area is 166 Å². The summed E-state index contributed by atoms with van der Waals surface area (Å²) in [5, 5.41) is 0. The molecule has 4 atom stereocenters. The first kappa shape index (κ1) is 18.0. The standard InChI is InChI=1S/C24H28O4/c1-3-5-11-20-23-13-12-15(14-18(23)22(26)27-20)24(19(23)8-4-2)17-10-7-6-9-16(17)21(25)28-24/h6,9,11,14-15,19H,3-5,7-8,10,12-13H2,1-2H3/b20-11+/t15-,19-,23-,24-/m1/s1. The fraction of sp³-hybridized carbons (Fsp3) is 0.583. The van der Waals surface area contributed by atoms with E-state index in [1.54, 1.807) is 0 Å². The molecule has 2 heterocycles. The van der Waals surface area contributed by atoms with Gasteiger partial charge in [-0.1, -0.05) is 44.9 Å². The van der Waals surface area contributed by atoms with E-state index in [1.807, 2.05) is 6.08 Å². The van der Waals surface area contributed by atoms with Crippen LogP contribution in [-0.2, 0) is 19.1 Å². The number of carbonyl (C=O) groups is 2. The summed E-state index contributed by atoms with van der Waals surface area (Å²) in [4.78, 5) is 25.7. The number of hydrogen-bond donors (Lipinski definition) is 0. The minimum Gasteiger partial charge on any atom is -0.450 e. The molecular weight excluding hydrogens is 352 g/mol. The molecule has 0 aromatic carbocycles. The van der Waals surface area contributed by atoms with Crippen LogP contribution in [0.1, 0.15) is 65.2 Å². The van der Waals surface area contributed by atoms with E-state index in [2.05, 4.69) is 32.1 Å². The number of allylic oxidation sites excluding steroid dienone is 3. The highest BCUT2D eigenvalue weighted by molar-refractivity contribution is 5.99. The number of hydrogen-bond acceptors (Lipinski definition) is 4. The van der Waals surface area contributed by atoms with E-state index in [0.717, 1.165) is 68.3 Å². The fourth-order valence-electron chi connectivity index (χ4n) is 6.56. The summed E-state index contributed by atoms with van der Waals surface area (Å²) in [6.45, 7) is 4.31. The Kier molecular flexibility index (Phi) is 3.98. The van der Waals surface area contributed by atoms with Gasteiger partial charge in [0.05, 0.1) is 11.0 Å². The van der Waals surface area contributed by atoms with Gasteiger partial charge in [-0.15, -0.1) is 0 Å². The van der Waals surface area contributed by atoms with Crippen molar-refractivity contribution in [3.05, 3.63) is 46.8 Å². The number of cyclic esters (lactones) is 1. The van der Waals surface area contributed by atoms with E-state index in [1.165, 1.54) is 5.57 Å². The number of fused-ring (bicyclic) bond motifs is 1. The van der Waals surface area contributed by atoms with Crippen molar-refractivity contribution in [2.24, 2.45) is 17.3 Å². The molecule has 0 aromatic rings. The van der Waals surface area contributed by atoms with E-state index >= 15 is 0 Å². The van der Waals surface area contributed by atoms with Crippen LogP contribution < -0.4 is 0 Å². The summed E-state index contributed by atoms with van der Waals surface area (Å²) >= 11 is 0. The lowest BCUT2D eigenvalue weighted by Gasteiger charge is -2.58. The highest BCUT2D eigenvalue weighted by Gasteiger charge is 2.71. The lowest BCUT2D eigenvalue weighted by molar-refractivity contribution is -0.170. The van der Waals surface area contributed by atoms with E-state index in [4.69, 9.17) is 9.47 Å². The van der Waals surface area contributed by atoms with Crippen molar-refractivity contribution < 1.29 is 19.1 Å². The normalized spacial score (nSPS) is 39.4. The van der Waals surface area contributed by atoms with Crippen molar-refractivity contribution in [3.8, 4) is 0 Å². The molecule has 0 unspecified atom stereocenters. The Bertz CT molecular complexity index is 873. The molecule has 2 bridgehead atoms. The average molecular weight is 380 g/mol. The second kappa shape index (κ2) is 6.20. The zero-order valence-electron chi connectivity index (χ0n) is 16.8. The highest BCUT2D eigenvalue weighted by Crippen LogP contribution is 2.70. The highest BCUT2D eigenvalue weighted by atomic mass is 16.6. The van der Waals surface area contributed by atoms with Crippen LogP contribution in [0.5, 0.6) is 0 Å². The molecule has 148 valence electrons. The van der Waals surface area contributed by atoms with Crippen molar-refractivity contribution >= 4 is 11.9 Å². The van der Waals surface area contributed by atoms with Gasteiger partial charge in [0.1, 0.15) is 11.4 Å². The maximum atomic E-state index is 12.9. The third-order valence-electron chi connectivity index (χ3n) is 7.54. The topological polar surface area (TPSA) is 52.6 Å². The van der Waals surface area contributed by atoms with Crippen molar-refractivity contribution in [3.63, 3.8) is 0 Å². The monoisotopic (exact) mass is 380 g/mol. The van der Waals surface area contributed by atoms with Crippen LogP contribution in [0.3, 0.4) is 0 Å². The second-order valence-corrected chi connectivity index (χ2v) is 8.80. The van der Waals surface area contributed by atoms with Crippen LogP contribution in [-0.4, -0.2) is 17.5 Å². The zero-order valence-corrected chi connectivity index (χ0v) is 16.8. The first-order chi connectivity index (χ1) is 13.6. The van der Waals surface area contributed by atoms with Gasteiger partial charge in [-0.2, -0.15) is 0 Å². The van der Waals surface area contributed by atoms with E-state index in [9.17, 15) is 9.59 Å². The van der Waals surface area contributed by atoms with Crippen LogP contribution in [0.25, 0.3) is 0 Å². The molecule has 4 heteroatoms. The summed E-state index contributed by atoms with van der Waals surface area (Å²) in [7, 11) is 0. The quantitative estimate of drug-likeness (QED) is 0.650. The summed E-state index contributed by atoms with van der Waals surface area (Å²) in [6.07, 6.45) is 15.7. The van der Waals surface area contributed by atoms with Crippen molar-refractivity contribution in [2.75, 3.05) is 0 Å². The number of unbranched alkanes of at least 4 members (excludes halogenated alkanes) is 1. The fourth-order valence-corrected chi connectivity index (χ4v) is 6.56. The third kappa shape index (κ3) is 2.01. The molecule has 0 aromatic heterocycles. The smallest absolute Gasteiger partial charge is 0.339 e. The molecular formula is C24H28O4. The van der Waals surface area contributed by atoms with Crippen molar-refractivity contribution in [1.82, 2.24) is 0 Å². The van der Waals surface area contributed by atoms with Crippen molar-refractivity contribution in [1.29, 1.82) is 0 Å². The van der Waals surface area contributed by atoms with Gasteiger partial charge in [0.15, 0.2) is 0 Å². The molecule has 2 spiro atoms. The van der Waals surface area contributed by atoms with Gasteiger partial charge in [0.25, 0.3) is 0 Å². The third-order valence-corrected chi connectivity index (χ3v) is 7.54. The molecule has 4 aliphatic carbocycles. The van der Waals surface area contributed by atoms with Gasteiger partial charge in [-0.25, -0.2) is 9.59 Å². The molecule has 2 aliphatic heterocycles. The Hall–Kier alpha value is -2.10. The Morgan fingerprint density at radius 1 is 1.21 bits per heavy atom. The first-order valence-corrected chi connectivity index (χ1v) is 10.9. The number of carbonyl (C=O) groups excluding carboxylic acids is 2. The maximum Gasteiger partial charge on any atom is 0.339 e. The number of ether oxygens (including phenoxy) is 2. The van der Waals surface area contributed by atoms with Crippen LogP contribution in [0.2, 0.25) is 0 Å². The molecule has 1 saturated carbocycles. The molecule has 0 N–H and O–H groups in total. The largest absolute Gasteiger partial charge is 0.450 e. The Balaban J connectivity index is 1.74. The predicted octanol–water partition coefficient (Wildman–Crippen LogP) is 4.92. The summed E-state index contributed by atoms with van der Waals surface area (Å²) in [6, 6.07) is 0. The van der Waals surface area contributed by atoms with Gasteiger partial charge in [-0.05, 0) is 50.2 Å². The molecule has 0 radical (unpaired) electrons. The lowest BCUT2D eigenvalue weighted by Crippen LogP contribution is -2.60. The van der Waals surface area contributed by atoms with Crippen molar-refractivity contribution in [2.45, 2.75) is 70.8 Å². The van der Waals surface area contributed by atoms with E-state index < -0.39 is 11.0 Å².